The summed E-state index contributed by atoms with van der Waals surface area (Å²) in [5, 5.41) is 9.10. The van der Waals surface area contributed by atoms with E-state index in [1.165, 1.54) is 9.75 Å². The van der Waals surface area contributed by atoms with Crippen molar-refractivity contribution in [1.29, 1.82) is 0 Å². The molecule has 0 aliphatic carbocycles. The van der Waals surface area contributed by atoms with Gasteiger partial charge in [-0.05, 0) is 25.5 Å². The Bertz CT molecular complexity index is 595. The molecule has 2 aromatic heterocycles. The predicted octanol–water partition coefficient (Wildman–Crippen LogP) is 2.07. The molecule has 2 N–H and O–H groups in total. The molecule has 0 fully saturated rings. The van der Waals surface area contributed by atoms with Gasteiger partial charge in [-0.25, -0.2) is 4.98 Å². The van der Waals surface area contributed by atoms with E-state index in [2.05, 4.69) is 33.1 Å². The average molecular weight is 339 g/mol. The first-order valence-electron chi connectivity index (χ1n) is 7.16. The summed E-state index contributed by atoms with van der Waals surface area (Å²) in [6.07, 6.45) is 0.845. The molecular weight excluding hydrogens is 318 g/mol. The van der Waals surface area contributed by atoms with Crippen LogP contribution in [0.2, 0.25) is 0 Å². The van der Waals surface area contributed by atoms with Crippen molar-refractivity contribution in [1.82, 2.24) is 15.6 Å². The molecule has 0 saturated carbocycles. The third kappa shape index (κ3) is 5.49. The molecule has 22 heavy (non-hydrogen) atoms. The van der Waals surface area contributed by atoms with Crippen LogP contribution in [0.1, 0.15) is 9.88 Å². The van der Waals surface area contributed by atoms with Gasteiger partial charge in [0.25, 0.3) is 0 Å². The molecule has 2 aromatic rings. The van der Waals surface area contributed by atoms with Gasteiger partial charge in [0.1, 0.15) is 0 Å². The fourth-order valence-electron chi connectivity index (χ4n) is 1.89. The van der Waals surface area contributed by atoms with Crippen LogP contribution in [0.25, 0.3) is 10.6 Å². The van der Waals surface area contributed by atoms with E-state index in [0.29, 0.717) is 26.2 Å². The van der Waals surface area contributed by atoms with E-state index < -0.39 is 0 Å². The summed E-state index contributed by atoms with van der Waals surface area (Å²) in [7, 11) is 1.64. The maximum atomic E-state index is 11.6. The Morgan fingerprint density at radius 2 is 2.23 bits per heavy atom. The maximum Gasteiger partial charge on any atom is 0.233 e. The number of aryl methyl sites for hydroxylation is 1. The van der Waals surface area contributed by atoms with Crippen molar-refractivity contribution in [2.24, 2.45) is 0 Å². The molecule has 2 rings (SSSR count). The molecule has 0 unspecified atom stereocenters. The van der Waals surface area contributed by atoms with Crippen molar-refractivity contribution in [2.75, 3.05) is 33.4 Å². The van der Waals surface area contributed by atoms with Crippen molar-refractivity contribution in [3.05, 3.63) is 27.4 Å². The van der Waals surface area contributed by atoms with Gasteiger partial charge in [0.2, 0.25) is 5.91 Å². The molecule has 1 amide bonds. The van der Waals surface area contributed by atoms with Crippen LogP contribution in [0.4, 0.5) is 0 Å². The van der Waals surface area contributed by atoms with Crippen LogP contribution in [-0.4, -0.2) is 44.2 Å². The van der Waals surface area contributed by atoms with Gasteiger partial charge in [-0.2, -0.15) is 0 Å². The summed E-state index contributed by atoms with van der Waals surface area (Å²) in [5.41, 5.74) is 1.05. The lowest BCUT2D eigenvalue weighted by atomic mass is 10.3. The fraction of sp³-hybridized carbons (Fsp3) is 0.467. The standard InChI is InChI=1S/C15H21N3O2S2/c1-11-18-13(10-21-11)14-4-3-12(22-14)5-6-17-15(19)9-16-7-8-20-2/h3-4,10,16H,5-9H2,1-2H3,(H,17,19). The zero-order chi connectivity index (χ0) is 15.8. The van der Waals surface area contributed by atoms with Crippen molar-refractivity contribution in [3.8, 4) is 10.6 Å². The second-order valence-corrected chi connectivity index (χ2v) is 7.02. The average Bonchev–Trinajstić information content (AvgIpc) is 3.12. The van der Waals surface area contributed by atoms with E-state index in [0.717, 1.165) is 17.1 Å². The summed E-state index contributed by atoms with van der Waals surface area (Å²) in [6, 6.07) is 4.21. The van der Waals surface area contributed by atoms with E-state index in [1.807, 2.05) is 6.92 Å². The number of ether oxygens (including phenoxy) is 1. The van der Waals surface area contributed by atoms with Crippen molar-refractivity contribution in [2.45, 2.75) is 13.3 Å². The Morgan fingerprint density at radius 3 is 2.95 bits per heavy atom. The quantitative estimate of drug-likeness (QED) is 0.687. The fourth-order valence-corrected chi connectivity index (χ4v) is 3.55. The molecule has 0 atom stereocenters. The molecule has 0 aromatic carbocycles. The van der Waals surface area contributed by atoms with E-state index in [9.17, 15) is 4.79 Å². The minimum absolute atomic E-state index is 0.0167. The number of carbonyl (C=O) groups excluding carboxylic acids is 1. The van der Waals surface area contributed by atoms with E-state index in [1.54, 1.807) is 29.8 Å². The number of hydrogen-bond donors (Lipinski definition) is 2. The highest BCUT2D eigenvalue weighted by atomic mass is 32.1. The maximum absolute atomic E-state index is 11.6. The van der Waals surface area contributed by atoms with E-state index in [4.69, 9.17) is 4.74 Å². The zero-order valence-corrected chi connectivity index (χ0v) is 14.5. The van der Waals surface area contributed by atoms with Crippen molar-refractivity contribution in [3.63, 3.8) is 0 Å². The molecule has 0 spiro atoms. The molecule has 0 aliphatic heterocycles. The molecule has 0 bridgehead atoms. The number of methoxy groups -OCH3 is 1. The first-order chi connectivity index (χ1) is 10.7. The lowest BCUT2D eigenvalue weighted by molar-refractivity contribution is -0.120. The van der Waals surface area contributed by atoms with Gasteiger partial charge < -0.3 is 15.4 Å². The van der Waals surface area contributed by atoms with Gasteiger partial charge in [0.15, 0.2) is 0 Å². The smallest absolute Gasteiger partial charge is 0.233 e. The molecule has 7 heteroatoms. The molecule has 0 aliphatic rings. The second-order valence-electron chi connectivity index (χ2n) is 4.79. The predicted molar refractivity (Wildman–Crippen MR) is 91.6 cm³/mol. The topological polar surface area (TPSA) is 63.2 Å². The van der Waals surface area contributed by atoms with Crippen LogP contribution in [0.15, 0.2) is 17.5 Å². The first-order valence-corrected chi connectivity index (χ1v) is 8.86. The number of nitrogens with one attached hydrogen (secondary N) is 2. The summed E-state index contributed by atoms with van der Waals surface area (Å²) >= 11 is 3.40. The Morgan fingerprint density at radius 1 is 1.36 bits per heavy atom. The number of carbonyl (C=O) groups is 1. The Labute approximate surface area is 138 Å². The zero-order valence-electron chi connectivity index (χ0n) is 12.8. The third-order valence-electron chi connectivity index (χ3n) is 3.00. The molecule has 2 heterocycles. The normalized spacial score (nSPS) is 10.8. The first kappa shape index (κ1) is 17.1. The van der Waals surface area contributed by atoms with Gasteiger partial charge in [-0.3, -0.25) is 4.79 Å². The number of hydrogen-bond acceptors (Lipinski definition) is 6. The summed E-state index contributed by atoms with van der Waals surface area (Å²) in [5.74, 6) is 0.0167. The lowest BCUT2D eigenvalue weighted by Gasteiger charge is -2.05. The van der Waals surface area contributed by atoms with Crippen molar-refractivity contribution >= 4 is 28.6 Å². The largest absolute Gasteiger partial charge is 0.383 e. The Hall–Kier alpha value is -1.28. The second kappa shape index (κ2) is 8.99. The number of thiophene rings is 1. The van der Waals surface area contributed by atoms with E-state index >= 15 is 0 Å². The van der Waals surface area contributed by atoms with Gasteiger partial charge in [-0.1, -0.05) is 0 Å². The van der Waals surface area contributed by atoms with Gasteiger partial charge >= 0.3 is 0 Å². The number of thiazole rings is 1. The van der Waals surface area contributed by atoms with Gasteiger partial charge in [-0.15, -0.1) is 22.7 Å². The highest BCUT2D eigenvalue weighted by Gasteiger charge is 2.06. The highest BCUT2D eigenvalue weighted by molar-refractivity contribution is 7.16. The summed E-state index contributed by atoms with van der Waals surface area (Å²) in [4.78, 5) is 18.5. The number of aromatic nitrogens is 1. The molecular formula is C15H21N3O2S2. The van der Waals surface area contributed by atoms with E-state index in [-0.39, 0.29) is 5.91 Å². The van der Waals surface area contributed by atoms with Crippen LogP contribution in [-0.2, 0) is 16.0 Å². The third-order valence-corrected chi connectivity index (χ3v) is 4.94. The number of amides is 1. The SMILES string of the molecule is COCCNCC(=O)NCCc1ccc(-c2csc(C)n2)s1. The monoisotopic (exact) mass is 339 g/mol. The number of nitrogens with zero attached hydrogens (tertiary/aromatic N) is 1. The Balaban J connectivity index is 1.69. The minimum Gasteiger partial charge on any atom is -0.383 e. The molecule has 0 saturated heterocycles. The molecule has 120 valence electrons. The highest BCUT2D eigenvalue weighted by Crippen LogP contribution is 2.29. The summed E-state index contributed by atoms with van der Waals surface area (Å²) in [6.45, 7) is 4.30. The molecule has 5 nitrogen and oxygen atoms in total. The van der Waals surface area contributed by atoms with Crippen LogP contribution in [0.3, 0.4) is 0 Å². The van der Waals surface area contributed by atoms with Gasteiger partial charge in [0, 0.05) is 30.5 Å². The number of rotatable bonds is 9. The van der Waals surface area contributed by atoms with Crippen LogP contribution >= 0.6 is 22.7 Å². The van der Waals surface area contributed by atoms with Crippen LogP contribution < -0.4 is 10.6 Å². The summed E-state index contributed by atoms with van der Waals surface area (Å²) < 4.78 is 4.91. The Kier molecular flexibility index (Phi) is 6.98. The lowest BCUT2D eigenvalue weighted by Crippen LogP contribution is -2.36. The van der Waals surface area contributed by atoms with Gasteiger partial charge in [0.05, 0.1) is 28.7 Å². The minimum atomic E-state index is 0.0167. The van der Waals surface area contributed by atoms with Crippen molar-refractivity contribution < 1.29 is 9.53 Å². The van der Waals surface area contributed by atoms with Crippen LogP contribution in [0.5, 0.6) is 0 Å². The molecule has 0 radical (unpaired) electrons. The van der Waals surface area contributed by atoms with Crippen LogP contribution in [0, 0.1) is 6.92 Å².